The van der Waals surface area contributed by atoms with Gasteiger partial charge in [-0.15, -0.1) is 0 Å². The van der Waals surface area contributed by atoms with E-state index in [0.717, 1.165) is 37.7 Å². The van der Waals surface area contributed by atoms with E-state index < -0.39 is 0 Å². The average molecular weight is 279 g/mol. The Balaban J connectivity index is 1.99. The fraction of sp³-hybridized carbons (Fsp3) is 0.600. The first kappa shape index (κ1) is 14.9. The SMILES string of the molecule is COCCN1CCC(N(C)c2ccc(N)c(OC)c2)C1. The number of benzene rings is 1. The maximum absolute atomic E-state index is 5.86. The van der Waals surface area contributed by atoms with Crippen molar-refractivity contribution >= 4 is 11.4 Å². The Morgan fingerprint density at radius 1 is 1.40 bits per heavy atom. The molecule has 1 aromatic carbocycles. The molecule has 20 heavy (non-hydrogen) atoms. The van der Waals surface area contributed by atoms with Crippen LogP contribution in [0, 0.1) is 0 Å². The van der Waals surface area contributed by atoms with Gasteiger partial charge in [0.25, 0.3) is 0 Å². The molecule has 5 heteroatoms. The minimum absolute atomic E-state index is 0.528. The summed E-state index contributed by atoms with van der Waals surface area (Å²) < 4.78 is 10.4. The second-order valence-electron chi connectivity index (χ2n) is 5.27. The number of rotatable bonds is 6. The van der Waals surface area contributed by atoms with Crippen molar-refractivity contribution in [2.45, 2.75) is 12.5 Å². The summed E-state index contributed by atoms with van der Waals surface area (Å²) in [6.45, 7) is 4.01. The fourth-order valence-corrected chi connectivity index (χ4v) is 2.68. The van der Waals surface area contributed by atoms with E-state index >= 15 is 0 Å². The summed E-state index contributed by atoms with van der Waals surface area (Å²) in [5, 5.41) is 0. The van der Waals surface area contributed by atoms with E-state index in [9.17, 15) is 0 Å². The van der Waals surface area contributed by atoms with Gasteiger partial charge in [-0.1, -0.05) is 0 Å². The van der Waals surface area contributed by atoms with Crippen molar-refractivity contribution in [3.8, 4) is 5.75 Å². The number of nitrogens with two attached hydrogens (primary N) is 1. The lowest BCUT2D eigenvalue weighted by Crippen LogP contribution is -2.35. The lowest BCUT2D eigenvalue weighted by Gasteiger charge is -2.27. The topological polar surface area (TPSA) is 51.0 Å². The molecule has 0 amide bonds. The second kappa shape index (κ2) is 6.81. The predicted molar refractivity (Wildman–Crippen MR) is 82.5 cm³/mol. The number of nitrogens with zero attached hydrogens (tertiary/aromatic N) is 2. The van der Waals surface area contributed by atoms with Crippen LogP contribution in [0.3, 0.4) is 0 Å². The van der Waals surface area contributed by atoms with E-state index in [0.29, 0.717) is 11.7 Å². The number of anilines is 2. The first-order valence-electron chi connectivity index (χ1n) is 7.03. The zero-order valence-corrected chi connectivity index (χ0v) is 12.6. The monoisotopic (exact) mass is 279 g/mol. The number of nitrogen functional groups attached to an aromatic ring is 1. The Morgan fingerprint density at radius 2 is 2.20 bits per heavy atom. The smallest absolute Gasteiger partial charge is 0.143 e. The molecule has 1 aromatic rings. The molecule has 0 bridgehead atoms. The van der Waals surface area contributed by atoms with Crippen LogP contribution < -0.4 is 15.4 Å². The summed E-state index contributed by atoms with van der Waals surface area (Å²) in [6, 6.07) is 6.49. The molecule has 2 rings (SSSR count). The number of ether oxygens (including phenoxy) is 2. The van der Waals surface area contributed by atoms with E-state index in [1.165, 1.54) is 6.42 Å². The van der Waals surface area contributed by atoms with Gasteiger partial charge >= 0.3 is 0 Å². The Kier molecular flexibility index (Phi) is 5.09. The molecule has 2 N–H and O–H groups in total. The quantitative estimate of drug-likeness (QED) is 0.798. The largest absolute Gasteiger partial charge is 0.495 e. The van der Waals surface area contributed by atoms with Crippen LogP contribution >= 0.6 is 0 Å². The summed E-state index contributed by atoms with van der Waals surface area (Å²) >= 11 is 0. The molecule has 1 atom stereocenters. The summed E-state index contributed by atoms with van der Waals surface area (Å²) in [7, 11) is 5.54. The maximum atomic E-state index is 5.86. The standard InChI is InChI=1S/C15H25N3O2/c1-17(12-4-5-14(16)15(10-12)20-3)13-6-7-18(11-13)8-9-19-2/h4-5,10,13H,6-9,11,16H2,1-3H3. The first-order chi connectivity index (χ1) is 9.65. The van der Waals surface area contributed by atoms with Crippen molar-refractivity contribution < 1.29 is 9.47 Å². The number of likely N-dealkylation sites (tertiary alicyclic amines) is 1. The van der Waals surface area contributed by atoms with Gasteiger partial charge in [-0.2, -0.15) is 0 Å². The summed E-state index contributed by atoms with van der Waals surface area (Å²) in [6.07, 6.45) is 1.17. The van der Waals surface area contributed by atoms with Crippen LogP contribution in [0.2, 0.25) is 0 Å². The van der Waals surface area contributed by atoms with Crippen molar-refractivity contribution in [2.24, 2.45) is 0 Å². The van der Waals surface area contributed by atoms with Crippen molar-refractivity contribution in [3.63, 3.8) is 0 Å². The molecule has 0 spiro atoms. The van der Waals surface area contributed by atoms with Gasteiger partial charge < -0.3 is 20.1 Å². The molecule has 1 heterocycles. The van der Waals surface area contributed by atoms with Gasteiger partial charge in [0, 0.05) is 51.6 Å². The number of likely N-dealkylation sites (N-methyl/N-ethyl adjacent to an activating group) is 1. The van der Waals surface area contributed by atoms with E-state index in [1.807, 2.05) is 12.1 Å². The molecule has 0 radical (unpaired) electrons. The highest BCUT2D eigenvalue weighted by Crippen LogP contribution is 2.29. The zero-order valence-electron chi connectivity index (χ0n) is 12.6. The molecule has 1 saturated heterocycles. The highest BCUT2D eigenvalue weighted by molar-refractivity contribution is 5.62. The van der Waals surface area contributed by atoms with Gasteiger partial charge in [-0.05, 0) is 18.6 Å². The number of hydrogen-bond donors (Lipinski definition) is 1. The van der Waals surface area contributed by atoms with Gasteiger partial charge in [-0.3, -0.25) is 4.90 Å². The van der Waals surface area contributed by atoms with Crippen LogP contribution in [0.25, 0.3) is 0 Å². The summed E-state index contributed by atoms with van der Waals surface area (Å²) in [4.78, 5) is 4.76. The third-order valence-corrected chi connectivity index (χ3v) is 4.03. The molecule has 112 valence electrons. The van der Waals surface area contributed by atoms with Crippen LogP contribution in [0.5, 0.6) is 5.75 Å². The Labute approximate surface area is 121 Å². The summed E-state index contributed by atoms with van der Waals surface area (Å²) in [5.41, 5.74) is 7.69. The minimum Gasteiger partial charge on any atom is -0.495 e. The summed E-state index contributed by atoms with van der Waals surface area (Å²) in [5.74, 6) is 0.739. The molecule has 0 saturated carbocycles. The third-order valence-electron chi connectivity index (χ3n) is 4.03. The molecule has 1 fully saturated rings. The molecule has 1 aliphatic heterocycles. The van der Waals surface area contributed by atoms with E-state index in [2.05, 4.69) is 22.9 Å². The highest BCUT2D eigenvalue weighted by atomic mass is 16.5. The van der Waals surface area contributed by atoms with E-state index in [-0.39, 0.29) is 0 Å². The van der Waals surface area contributed by atoms with Crippen LogP contribution in [-0.4, -0.2) is 58.5 Å². The zero-order chi connectivity index (χ0) is 14.5. The fourth-order valence-electron chi connectivity index (χ4n) is 2.68. The van der Waals surface area contributed by atoms with Crippen molar-refractivity contribution in [1.82, 2.24) is 4.90 Å². The molecular formula is C15H25N3O2. The molecule has 5 nitrogen and oxygen atoms in total. The molecule has 0 aromatic heterocycles. The van der Waals surface area contributed by atoms with Crippen molar-refractivity contribution in [2.75, 3.05) is 58.1 Å². The Bertz CT molecular complexity index is 439. The minimum atomic E-state index is 0.528. The predicted octanol–water partition coefficient (Wildman–Crippen LogP) is 1.43. The Hall–Kier alpha value is -1.46. The van der Waals surface area contributed by atoms with Gasteiger partial charge in [0.05, 0.1) is 19.4 Å². The normalized spacial score (nSPS) is 19.2. The van der Waals surface area contributed by atoms with Gasteiger partial charge in [0.1, 0.15) is 5.75 Å². The van der Waals surface area contributed by atoms with Crippen molar-refractivity contribution in [3.05, 3.63) is 18.2 Å². The molecule has 1 unspecified atom stereocenters. The third kappa shape index (κ3) is 3.35. The van der Waals surface area contributed by atoms with Crippen LogP contribution in [0.4, 0.5) is 11.4 Å². The van der Waals surface area contributed by atoms with Crippen LogP contribution in [-0.2, 0) is 4.74 Å². The second-order valence-corrected chi connectivity index (χ2v) is 5.27. The van der Waals surface area contributed by atoms with Crippen LogP contribution in [0.1, 0.15) is 6.42 Å². The number of methoxy groups -OCH3 is 2. The first-order valence-corrected chi connectivity index (χ1v) is 7.03. The molecule has 0 aliphatic carbocycles. The highest BCUT2D eigenvalue weighted by Gasteiger charge is 2.25. The maximum Gasteiger partial charge on any atom is 0.143 e. The average Bonchev–Trinajstić information content (AvgIpc) is 2.93. The molecule has 1 aliphatic rings. The van der Waals surface area contributed by atoms with Gasteiger partial charge in [0.15, 0.2) is 0 Å². The van der Waals surface area contributed by atoms with Crippen LogP contribution in [0.15, 0.2) is 18.2 Å². The Morgan fingerprint density at radius 3 is 2.90 bits per heavy atom. The van der Waals surface area contributed by atoms with E-state index in [4.69, 9.17) is 15.2 Å². The lowest BCUT2D eigenvalue weighted by atomic mass is 10.2. The number of hydrogen-bond acceptors (Lipinski definition) is 5. The van der Waals surface area contributed by atoms with Gasteiger partial charge in [0.2, 0.25) is 0 Å². The van der Waals surface area contributed by atoms with E-state index in [1.54, 1.807) is 14.2 Å². The van der Waals surface area contributed by atoms with Gasteiger partial charge in [-0.25, -0.2) is 0 Å². The molecular weight excluding hydrogens is 254 g/mol. The van der Waals surface area contributed by atoms with Crippen molar-refractivity contribution in [1.29, 1.82) is 0 Å². The lowest BCUT2D eigenvalue weighted by molar-refractivity contribution is 0.160.